The van der Waals surface area contributed by atoms with Gasteiger partial charge in [-0.25, -0.2) is 0 Å². The highest BCUT2D eigenvalue weighted by molar-refractivity contribution is 9.09. The molecule has 0 heterocycles. The second-order valence-corrected chi connectivity index (χ2v) is 6.23. The maximum absolute atomic E-state index is 6.22. The van der Waals surface area contributed by atoms with Crippen molar-refractivity contribution in [3.05, 3.63) is 68.2 Å². The van der Waals surface area contributed by atoms with E-state index >= 15 is 0 Å². The molecule has 0 fully saturated rings. The third-order valence-corrected chi connectivity index (χ3v) is 4.52. The van der Waals surface area contributed by atoms with Gasteiger partial charge in [0.25, 0.3) is 0 Å². The molecule has 0 aromatic heterocycles. The highest BCUT2D eigenvalue weighted by Crippen LogP contribution is 2.38. The fraction of sp³-hybridized carbons (Fsp3) is 0.143. The molecule has 94 valence electrons. The van der Waals surface area contributed by atoms with Crippen molar-refractivity contribution in [1.29, 1.82) is 0 Å². The van der Waals surface area contributed by atoms with Crippen LogP contribution < -0.4 is 0 Å². The largest absolute Gasteiger partial charge is 0.0843 e. The monoisotopic (exact) mass is 362 g/mol. The Morgan fingerprint density at radius 2 is 1.44 bits per heavy atom. The van der Waals surface area contributed by atoms with Crippen molar-refractivity contribution in [2.75, 3.05) is 0 Å². The van der Waals surface area contributed by atoms with Crippen LogP contribution in [0.4, 0.5) is 0 Å². The van der Waals surface area contributed by atoms with Gasteiger partial charge in [-0.1, -0.05) is 62.9 Å². The summed E-state index contributed by atoms with van der Waals surface area (Å²) >= 11 is 21.8. The number of hydrogen-bond acceptors (Lipinski definition) is 0. The van der Waals surface area contributed by atoms with Crippen LogP contribution >= 0.6 is 50.7 Å². The minimum absolute atomic E-state index is 0.0273. The standard InChI is InChI=1S/C14H10BrCl3/c1-8-6-9(16)2-4-11(8)14(15)12-5-3-10(17)7-13(12)18/h2-7,14H,1H3. The van der Waals surface area contributed by atoms with Crippen LogP contribution in [0, 0.1) is 6.92 Å². The molecule has 1 atom stereocenters. The Balaban J connectivity index is 2.44. The summed E-state index contributed by atoms with van der Waals surface area (Å²) in [5, 5.41) is 2.02. The third kappa shape index (κ3) is 3.03. The lowest BCUT2D eigenvalue weighted by Gasteiger charge is -2.15. The van der Waals surface area contributed by atoms with Gasteiger partial charge in [0.1, 0.15) is 0 Å². The molecule has 0 nitrogen and oxygen atoms in total. The fourth-order valence-electron chi connectivity index (χ4n) is 1.80. The van der Waals surface area contributed by atoms with Crippen LogP contribution in [0.1, 0.15) is 21.5 Å². The molecule has 0 spiro atoms. The maximum atomic E-state index is 6.22. The molecule has 2 aromatic rings. The quantitative estimate of drug-likeness (QED) is 0.538. The Kier molecular flexibility index (Phi) is 4.60. The molecule has 0 aliphatic carbocycles. The lowest BCUT2D eigenvalue weighted by atomic mass is 10.0. The van der Waals surface area contributed by atoms with E-state index in [0.717, 1.165) is 21.7 Å². The zero-order chi connectivity index (χ0) is 13.3. The lowest BCUT2D eigenvalue weighted by Crippen LogP contribution is -1.96. The van der Waals surface area contributed by atoms with Gasteiger partial charge < -0.3 is 0 Å². The smallest absolute Gasteiger partial charge is 0.0661 e. The minimum atomic E-state index is 0.0273. The number of benzene rings is 2. The molecule has 4 heteroatoms. The maximum Gasteiger partial charge on any atom is 0.0661 e. The molecule has 0 aliphatic rings. The second-order valence-electron chi connectivity index (χ2n) is 4.03. The van der Waals surface area contributed by atoms with Gasteiger partial charge in [0.05, 0.1) is 4.83 Å². The Morgan fingerprint density at radius 1 is 0.889 bits per heavy atom. The molecule has 0 radical (unpaired) electrons. The van der Waals surface area contributed by atoms with Crippen LogP contribution in [0.2, 0.25) is 15.1 Å². The Bertz CT molecular complexity index is 530. The summed E-state index contributed by atoms with van der Waals surface area (Å²) in [7, 11) is 0. The Morgan fingerprint density at radius 3 is 2.00 bits per heavy atom. The highest BCUT2D eigenvalue weighted by atomic mass is 79.9. The molecule has 2 rings (SSSR count). The Hall–Kier alpha value is -0.210. The van der Waals surface area contributed by atoms with Crippen molar-refractivity contribution in [2.24, 2.45) is 0 Å². The minimum Gasteiger partial charge on any atom is -0.0843 e. The Labute approximate surface area is 130 Å². The molecule has 0 amide bonds. The van der Waals surface area contributed by atoms with Gasteiger partial charge in [0.2, 0.25) is 0 Å². The van der Waals surface area contributed by atoms with Gasteiger partial charge >= 0.3 is 0 Å². The van der Waals surface area contributed by atoms with Crippen LogP contribution in [0.15, 0.2) is 36.4 Å². The van der Waals surface area contributed by atoms with Crippen molar-refractivity contribution in [2.45, 2.75) is 11.8 Å². The van der Waals surface area contributed by atoms with E-state index in [2.05, 4.69) is 15.9 Å². The van der Waals surface area contributed by atoms with E-state index in [0.29, 0.717) is 10.0 Å². The first-order valence-corrected chi connectivity index (χ1v) is 7.39. The normalized spacial score (nSPS) is 12.5. The van der Waals surface area contributed by atoms with E-state index in [1.807, 2.05) is 37.3 Å². The van der Waals surface area contributed by atoms with E-state index in [4.69, 9.17) is 34.8 Å². The van der Waals surface area contributed by atoms with Crippen LogP contribution in [0.25, 0.3) is 0 Å². The average molecular weight is 364 g/mol. The predicted octanol–water partition coefficient (Wildman–Crippen LogP) is 6.44. The van der Waals surface area contributed by atoms with Gasteiger partial charge in [-0.3, -0.25) is 0 Å². The van der Waals surface area contributed by atoms with Crippen molar-refractivity contribution in [3.8, 4) is 0 Å². The van der Waals surface area contributed by atoms with Crippen LogP contribution in [0.3, 0.4) is 0 Å². The number of hydrogen-bond donors (Lipinski definition) is 0. The average Bonchev–Trinajstić information content (AvgIpc) is 2.28. The molecule has 0 saturated carbocycles. The van der Waals surface area contributed by atoms with Gasteiger partial charge in [0, 0.05) is 15.1 Å². The van der Waals surface area contributed by atoms with Crippen LogP contribution in [-0.4, -0.2) is 0 Å². The van der Waals surface area contributed by atoms with Gasteiger partial charge in [-0.15, -0.1) is 0 Å². The molecule has 0 N–H and O–H groups in total. The molecule has 0 aliphatic heterocycles. The zero-order valence-electron chi connectivity index (χ0n) is 9.55. The summed E-state index contributed by atoms with van der Waals surface area (Å²) in [5.41, 5.74) is 3.26. The van der Waals surface area contributed by atoms with Crippen molar-refractivity contribution in [3.63, 3.8) is 0 Å². The fourth-order valence-corrected chi connectivity index (χ4v) is 3.59. The molecule has 0 saturated heterocycles. The summed E-state index contributed by atoms with van der Waals surface area (Å²) in [6, 6.07) is 11.3. The lowest BCUT2D eigenvalue weighted by molar-refractivity contribution is 1.14. The summed E-state index contributed by atoms with van der Waals surface area (Å²) in [4.78, 5) is 0.0273. The SMILES string of the molecule is Cc1cc(Cl)ccc1C(Br)c1ccc(Cl)cc1Cl. The second kappa shape index (κ2) is 5.83. The molecule has 1 unspecified atom stereocenters. The number of alkyl halides is 1. The number of rotatable bonds is 2. The molecule has 18 heavy (non-hydrogen) atoms. The molecular weight excluding hydrogens is 354 g/mol. The molecule has 2 aromatic carbocycles. The van der Waals surface area contributed by atoms with Gasteiger partial charge in [-0.05, 0) is 47.9 Å². The number of aryl methyl sites for hydroxylation is 1. The first-order chi connectivity index (χ1) is 8.49. The molecule has 0 bridgehead atoms. The topological polar surface area (TPSA) is 0 Å². The first kappa shape index (κ1) is 14.2. The zero-order valence-corrected chi connectivity index (χ0v) is 13.4. The van der Waals surface area contributed by atoms with Crippen molar-refractivity contribution >= 4 is 50.7 Å². The first-order valence-electron chi connectivity index (χ1n) is 5.34. The van der Waals surface area contributed by atoms with E-state index < -0.39 is 0 Å². The van der Waals surface area contributed by atoms with Gasteiger partial charge in [0.15, 0.2) is 0 Å². The summed E-state index contributed by atoms with van der Waals surface area (Å²) in [5.74, 6) is 0. The highest BCUT2D eigenvalue weighted by Gasteiger charge is 2.16. The van der Waals surface area contributed by atoms with Crippen LogP contribution in [0.5, 0.6) is 0 Å². The van der Waals surface area contributed by atoms with Crippen molar-refractivity contribution < 1.29 is 0 Å². The molecular formula is C14H10BrCl3. The van der Waals surface area contributed by atoms with Gasteiger partial charge in [-0.2, -0.15) is 0 Å². The summed E-state index contributed by atoms with van der Waals surface area (Å²) in [6.07, 6.45) is 0. The summed E-state index contributed by atoms with van der Waals surface area (Å²) in [6.45, 7) is 2.03. The van der Waals surface area contributed by atoms with E-state index in [1.165, 1.54) is 0 Å². The van der Waals surface area contributed by atoms with E-state index in [9.17, 15) is 0 Å². The van der Waals surface area contributed by atoms with Crippen molar-refractivity contribution in [1.82, 2.24) is 0 Å². The van der Waals surface area contributed by atoms with Crippen LogP contribution in [-0.2, 0) is 0 Å². The summed E-state index contributed by atoms with van der Waals surface area (Å²) < 4.78 is 0. The number of halogens is 4. The third-order valence-electron chi connectivity index (χ3n) is 2.74. The van der Waals surface area contributed by atoms with E-state index in [-0.39, 0.29) is 4.83 Å². The van der Waals surface area contributed by atoms with E-state index in [1.54, 1.807) is 6.07 Å². The predicted molar refractivity (Wildman–Crippen MR) is 83.4 cm³/mol.